The van der Waals surface area contributed by atoms with Crippen LogP contribution in [0.25, 0.3) is 0 Å². The Labute approximate surface area is 308 Å². The first-order chi connectivity index (χ1) is 25.2. The van der Waals surface area contributed by atoms with Crippen molar-refractivity contribution in [3.05, 3.63) is 85.1 Å². The van der Waals surface area contributed by atoms with E-state index >= 15 is 0 Å². The van der Waals surface area contributed by atoms with Gasteiger partial charge >= 0.3 is 0 Å². The normalized spacial score (nSPS) is 65.6. The molecule has 266 valence electrons. The van der Waals surface area contributed by atoms with E-state index in [1.165, 1.54) is 57.8 Å². The van der Waals surface area contributed by atoms with Crippen LogP contribution in [0.2, 0.25) is 0 Å². The van der Waals surface area contributed by atoms with Crippen LogP contribution in [0, 0.1) is 160 Å². The zero-order chi connectivity index (χ0) is 32.9. The zero-order valence-electron chi connectivity index (χ0n) is 31.0. The molecule has 51 heavy (non-hydrogen) atoms. The molecule has 0 saturated heterocycles. The van der Waals surface area contributed by atoms with E-state index in [9.17, 15) is 0 Å². The molecule has 0 aromatic carbocycles. The summed E-state index contributed by atoms with van der Waals surface area (Å²) in [6.07, 6.45) is 52.0. The van der Waals surface area contributed by atoms with Gasteiger partial charge in [-0.05, 0) is 211 Å². The van der Waals surface area contributed by atoms with Gasteiger partial charge in [0.15, 0.2) is 0 Å². The summed E-state index contributed by atoms with van der Waals surface area (Å²) in [6, 6.07) is 0. The molecule has 14 bridgehead atoms. The number of hydrogen-bond acceptors (Lipinski definition) is 0. The van der Waals surface area contributed by atoms with E-state index in [2.05, 4.69) is 92.0 Å². The lowest BCUT2D eigenvalue weighted by Gasteiger charge is -2.51. The van der Waals surface area contributed by atoms with Gasteiger partial charge < -0.3 is 0 Å². The highest BCUT2D eigenvalue weighted by atomic mass is 14.7. The Hall–Kier alpha value is -1.82. The predicted octanol–water partition coefficient (Wildman–Crippen LogP) is 11.2. The molecule has 7 fully saturated rings. The first-order valence-corrected chi connectivity index (χ1v) is 23.0. The predicted molar refractivity (Wildman–Crippen MR) is 205 cm³/mol. The molecule has 0 aromatic heterocycles. The average molecular weight is 675 g/mol. The fourth-order valence-corrected chi connectivity index (χ4v) is 20.3. The molecule has 0 aliphatic heterocycles. The minimum atomic E-state index is 0.872. The molecule has 0 nitrogen and oxygen atoms in total. The van der Waals surface area contributed by atoms with Crippen molar-refractivity contribution >= 4 is 0 Å². The third kappa shape index (κ3) is 3.68. The van der Waals surface area contributed by atoms with Gasteiger partial charge in [-0.1, -0.05) is 98.4 Å². The highest BCUT2D eigenvalue weighted by molar-refractivity contribution is 5.30. The third-order valence-corrected chi connectivity index (χ3v) is 21.1. The van der Waals surface area contributed by atoms with Crippen LogP contribution in [-0.4, -0.2) is 0 Å². The molecule has 7 saturated carbocycles. The van der Waals surface area contributed by atoms with Crippen molar-refractivity contribution in [3.63, 3.8) is 0 Å². The summed E-state index contributed by atoms with van der Waals surface area (Å²) in [4.78, 5) is 0. The van der Waals surface area contributed by atoms with Crippen LogP contribution >= 0.6 is 0 Å². The van der Waals surface area contributed by atoms with Crippen LogP contribution in [0.4, 0.5) is 0 Å². The van der Waals surface area contributed by atoms with Crippen LogP contribution in [-0.2, 0) is 0 Å². The van der Waals surface area contributed by atoms with Crippen LogP contribution in [0.5, 0.6) is 0 Å². The van der Waals surface area contributed by atoms with E-state index < -0.39 is 0 Å². The van der Waals surface area contributed by atoms with Gasteiger partial charge in [0.05, 0.1) is 0 Å². The standard InChI is InChI=1S/C51H62/c1-2-39-27-5-6-28(19-27)41(39)43-31-9-10-32(21-31)45(43)47-35-13-14-36(23-35)49(47)51-38-16-15-37(24-38)50(51)48-34-12-11-33(22-34)46(48)44-30-8-7-29(20-30)42(44)40-18-25-3-4-26(40)17-25/h3-16,25-51H,2,17-24H2,1H3. The van der Waals surface area contributed by atoms with E-state index in [0.717, 1.165) is 160 Å². The zero-order valence-corrected chi connectivity index (χ0v) is 31.0. The Morgan fingerprint density at radius 1 is 0.275 bits per heavy atom. The molecular weight excluding hydrogens is 613 g/mol. The lowest BCUT2D eigenvalue weighted by Crippen LogP contribution is -2.47. The topological polar surface area (TPSA) is 0 Å². The van der Waals surface area contributed by atoms with Crippen molar-refractivity contribution in [3.8, 4) is 0 Å². The molecule has 0 N–H and O–H groups in total. The van der Waals surface area contributed by atoms with Crippen LogP contribution in [0.1, 0.15) is 64.7 Å². The molecule has 0 heterocycles. The molecule has 27 unspecified atom stereocenters. The van der Waals surface area contributed by atoms with Crippen molar-refractivity contribution in [1.29, 1.82) is 0 Å². The third-order valence-electron chi connectivity index (χ3n) is 21.1. The Morgan fingerprint density at radius 3 is 0.922 bits per heavy atom. The van der Waals surface area contributed by atoms with Gasteiger partial charge in [0.2, 0.25) is 0 Å². The summed E-state index contributed by atoms with van der Waals surface area (Å²) in [5.41, 5.74) is 0. The summed E-state index contributed by atoms with van der Waals surface area (Å²) >= 11 is 0. The van der Waals surface area contributed by atoms with Gasteiger partial charge in [0.1, 0.15) is 0 Å². The number of fused-ring (bicyclic) bond motifs is 14. The van der Waals surface area contributed by atoms with E-state index in [1.54, 1.807) is 0 Å². The quantitative estimate of drug-likeness (QED) is 0.236. The summed E-state index contributed by atoms with van der Waals surface area (Å²) in [5, 5.41) is 0. The van der Waals surface area contributed by atoms with Gasteiger partial charge in [0, 0.05) is 0 Å². The Bertz CT molecular complexity index is 1710. The van der Waals surface area contributed by atoms with Gasteiger partial charge in [0.25, 0.3) is 0 Å². The second-order valence-electron chi connectivity index (χ2n) is 22.1. The molecule has 0 spiro atoms. The number of hydrogen-bond donors (Lipinski definition) is 0. The van der Waals surface area contributed by atoms with E-state index in [4.69, 9.17) is 0 Å². The fourth-order valence-electron chi connectivity index (χ4n) is 20.3. The van der Waals surface area contributed by atoms with Crippen LogP contribution in [0.3, 0.4) is 0 Å². The van der Waals surface area contributed by atoms with Gasteiger partial charge in [-0.25, -0.2) is 0 Å². The maximum Gasteiger partial charge on any atom is -0.0193 e. The molecule has 27 atom stereocenters. The van der Waals surface area contributed by atoms with Crippen LogP contribution < -0.4 is 0 Å². The monoisotopic (exact) mass is 674 g/mol. The van der Waals surface area contributed by atoms with Crippen LogP contribution in [0.15, 0.2) is 85.1 Å². The maximum absolute atomic E-state index is 2.81. The molecule has 14 rings (SSSR count). The van der Waals surface area contributed by atoms with Crippen molar-refractivity contribution < 1.29 is 0 Å². The van der Waals surface area contributed by atoms with Crippen molar-refractivity contribution in [1.82, 2.24) is 0 Å². The minimum absolute atomic E-state index is 0.872. The van der Waals surface area contributed by atoms with E-state index in [0.29, 0.717) is 0 Å². The van der Waals surface area contributed by atoms with Crippen molar-refractivity contribution in [2.75, 3.05) is 0 Å². The SMILES string of the molecule is CCC1C2C=CC(C2)C1C1C2C=CC(C2)C1C1C2C=CC(C2)C1C1C2C=CC(C2)C1C1C2C=CC(C2)C1C1C2C=CC(C2)C1C1CC2C=CC1C2. The van der Waals surface area contributed by atoms with Gasteiger partial charge in [-0.15, -0.1) is 0 Å². The second kappa shape index (κ2) is 10.3. The van der Waals surface area contributed by atoms with Gasteiger partial charge in [-0.3, -0.25) is 0 Å². The smallest absolute Gasteiger partial charge is 0.0193 e. The molecule has 14 aliphatic rings. The number of allylic oxidation sites excluding steroid dienone is 14. The largest absolute Gasteiger partial charge is 0.0851 e. The van der Waals surface area contributed by atoms with Crippen molar-refractivity contribution in [2.24, 2.45) is 160 Å². The molecule has 0 aromatic rings. The molecule has 0 heteroatoms. The fraction of sp³-hybridized carbons (Fsp3) is 0.725. The highest BCUT2D eigenvalue weighted by Crippen LogP contribution is 2.73. The Morgan fingerprint density at radius 2 is 0.569 bits per heavy atom. The molecule has 0 amide bonds. The summed E-state index contributed by atoms with van der Waals surface area (Å²) in [6.45, 7) is 2.55. The lowest BCUT2D eigenvalue weighted by atomic mass is 9.53. The Balaban J connectivity index is 0.847. The summed E-state index contributed by atoms with van der Waals surface area (Å²) in [7, 11) is 0. The summed E-state index contributed by atoms with van der Waals surface area (Å²) in [5.74, 6) is 24.9. The Kier molecular flexibility index (Phi) is 5.95. The lowest BCUT2D eigenvalue weighted by molar-refractivity contribution is -0.00730. The first-order valence-electron chi connectivity index (χ1n) is 23.0. The van der Waals surface area contributed by atoms with E-state index in [-0.39, 0.29) is 0 Å². The first kappa shape index (κ1) is 29.5. The average Bonchev–Trinajstić information content (AvgIpc) is 4.01. The molecular formula is C51H62. The minimum Gasteiger partial charge on any atom is -0.0851 e. The second-order valence-corrected chi connectivity index (χ2v) is 22.1. The number of rotatable bonds is 7. The van der Waals surface area contributed by atoms with E-state index in [1.807, 2.05) is 0 Å². The van der Waals surface area contributed by atoms with Crippen molar-refractivity contribution in [2.45, 2.75) is 64.7 Å². The highest BCUT2D eigenvalue weighted by Gasteiger charge is 2.67. The maximum atomic E-state index is 2.81. The van der Waals surface area contributed by atoms with Gasteiger partial charge in [-0.2, -0.15) is 0 Å². The summed E-state index contributed by atoms with van der Waals surface area (Å²) < 4.78 is 0. The molecule has 0 radical (unpaired) electrons. The molecule has 14 aliphatic carbocycles.